The number of pyridine rings is 1. The summed E-state index contributed by atoms with van der Waals surface area (Å²) in [6, 6.07) is 2.20. The van der Waals surface area contributed by atoms with Crippen molar-refractivity contribution in [2.75, 3.05) is 0 Å². The molecule has 0 aliphatic rings. The summed E-state index contributed by atoms with van der Waals surface area (Å²) >= 11 is 3.00. The molecule has 0 fully saturated rings. The first-order valence-corrected chi connectivity index (χ1v) is 4.35. The summed E-state index contributed by atoms with van der Waals surface area (Å²) in [6.07, 6.45) is -4.43. The molecule has 0 aliphatic heterocycles. The second kappa shape index (κ2) is 2.94. The number of hydrogen-bond donors (Lipinski definition) is 1. The predicted molar refractivity (Wildman–Crippen MR) is 46.6 cm³/mol. The number of H-pyrrole nitrogens is 1. The van der Waals surface area contributed by atoms with E-state index in [2.05, 4.69) is 31.1 Å². The summed E-state index contributed by atoms with van der Waals surface area (Å²) < 4.78 is 37.0. The van der Waals surface area contributed by atoms with Crippen LogP contribution in [0.25, 0.3) is 11.0 Å². The largest absolute Gasteiger partial charge is 0.433 e. The van der Waals surface area contributed by atoms with Gasteiger partial charge in [-0.25, -0.2) is 4.98 Å². The average Bonchev–Trinajstić information content (AvgIpc) is 2.46. The maximum absolute atomic E-state index is 12.2. The molecule has 2 aromatic rings. The van der Waals surface area contributed by atoms with E-state index in [1.807, 2.05) is 0 Å². The smallest absolute Gasteiger partial charge is 0.275 e. The molecule has 2 heterocycles. The number of aromatic amines is 1. The second-order valence-corrected chi connectivity index (χ2v) is 3.36. The van der Waals surface area contributed by atoms with E-state index in [9.17, 15) is 13.2 Å². The molecule has 0 saturated heterocycles. The maximum atomic E-state index is 12.2. The van der Waals surface area contributed by atoms with Gasteiger partial charge in [0.1, 0.15) is 11.2 Å². The molecule has 74 valence electrons. The minimum absolute atomic E-state index is 0.180. The average molecular weight is 266 g/mol. The van der Waals surface area contributed by atoms with Crippen molar-refractivity contribution in [3.05, 3.63) is 22.4 Å². The normalized spacial score (nSPS) is 12.3. The molecule has 2 rings (SSSR count). The lowest BCUT2D eigenvalue weighted by Gasteiger charge is -2.04. The summed E-state index contributed by atoms with van der Waals surface area (Å²) in [5.41, 5.74) is -0.281. The van der Waals surface area contributed by atoms with Crippen LogP contribution < -0.4 is 0 Å². The van der Waals surface area contributed by atoms with E-state index in [0.717, 1.165) is 6.07 Å². The highest BCUT2D eigenvalue weighted by atomic mass is 79.9. The molecule has 3 nitrogen and oxygen atoms in total. The molecule has 14 heavy (non-hydrogen) atoms. The highest BCUT2D eigenvalue weighted by Gasteiger charge is 2.32. The first-order valence-electron chi connectivity index (χ1n) is 3.56. The Bertz CT molecular complexity index is 476. The molecule has 1 N–H and O–H groups in total. The highest BCUT2D eigenvalue weighted by Crippen LogP contribution is 2.29. The summed E-state index contributed by atoms with van der Waals surface area (Å²) in [5, 5.41) is 6.22. The molecular weight excluding hydrogens is 263 g/mol. The zero-order chi connectivity index (χ0) is 10.3. The molecule has 2 aromatic heterocycles. The lowest BCUT2D eigenvalue weighted by Crippen LogP contribution is -2.07. The van der Waals surface area contributed by atoms with E-state index in [1.54, 1.807) is 0 Å². The van der Waals surface area contributed by atoms with Gasteiger partial charge in [0.05, 0.1) is 5.52 Å². The fourth-order valence-electron chi connectivity index (χ4n) is 1.03. The van der Waals surface area contributed by atoms with Crippen LogP contribution in [0.15, 0.2) is 16.7 Å². The summed E-state index contributed by atoms with van der Waals surface area (Å²) in [4.78, 5) is 3.44. The van der Waals surface area contributed by atoms with Crippen LogP contribution in [0.4, 0.5) is 13.2 Å². The molecule has 0 bridgehead atoms. The summed E-state index contributed by atoms with van der Waals surface area (Å²) in [5.74, 6) is 0. The Morgan fingerprint density at radius 1 is 1.29 bits per heavy atom. The van der Waals surface area contributed by atoms with Gasteiger partial charge in [-0.15, -0.1) is 0 Å². The molecule has 7 heteroatoms. The van der Waals surface area contributed by atoms with Crippen molar-refractivity contribution in [3.8, 4) is 0 Å². The van der Waals surface area contributed by atoms with Gasteiger partial charge < -0.3 is 0 Å². The van der Waals surface area contributed by atoms with E-state index in [0.29, 0.717) is 5.52 Å². The molecule has 0 atom stereocenters. The van der Waals surface area contributed by atoms with Crippen LogP contribution in [0.3, 0.4) is 0 Å². The number of nitrogens with zero attached hydrogens (tertiary/aromatic N) is 2. The fraction of sp³-hybridized carbons (Fsp3) is 0.143. The van der Waals surface area contributed by atoms with Gasteiger partial charge in [0.2, 0.25) is 0 Å². The molecule has 0 saturated carbocycles. The predicted octanol–water partition coefficient (Wildman–Crippen LogP) is 2.74. The number of fused-ring (bicyclic) bond motifs is 1. The molecule has 0 amide bonds. The molecular formula is C7H3BrF3N3. The topological polar surface area (TPSA) is 41.6 Å². The Morgan fingerprint density at radius 3 is 2.64 bits per heavy atom. The highest BCUT2D eigenvalue weighted by molar-refractivity contribution is 9.10. The maximum Gasteiger partial charge on any atom is 0.433 e. The van der Waals surface area contributed by atoms with Crippen LogP contribution in [0.2, 0.25) is 0 Å². The second-order valence-electron chi connectivity index (χ2n) is 2.60. The zero-order valence-electron chi connectivity index (χ0n) is 6.56. The standard InChI is InChI=1S/C7H3BrF3N3/c8-6-5-3(13-14-6)1-2-4(12-5)7(9,10)11/h1-2H,(H,13,14). The zero-order valence-corrected chi connectivity index (χ0v) is 8.15. The molecule has 0 aromatic carbocycles. The monoisotopic (exact) mass is 265 g/mol. The number of alkyl halides is 3. The van der Waals surface area contributed by atoms with Crippen LogP contribution in [-0.2, 0) is 6.18 Å². The number of rotatable bonds is 0. The van der Waals surface area contributed by atoms with Gasteiger partial charge >= 0.3 is 6.18 Å². The van der Waals surface area contributed by atoms with Gasteiger partial charge in [-0.1, -0.05) is 0 Å². The van der Waals surface area contributed by atoms with Gasteiger partial charge in [0.15, 0.2) is 4.60 Å². The Hall–Kier alpha value is -1.11. The third kappa shape index (κ3) is 1.47. The SMILES string of the molecule is FC(F)(F)c1ccc2[nH]nc(Br)c2n1. The third-order valence-electron chi connectivity index (χ3n) is 1.66. The van der Waals surface area contributed by atoms with Crippen LogP contribution in [0, 0.1) is 0 Å². The lowest BCUT2D eigenvalue weighted by molar-refractivity contribution is -0.140. The van der Waals surface area contributed by atoms with Gasteiger partial charge in [0, 0.05) is 0 Å². The first kappa shape index (κ1) is 9.45. The minimum Gasteiger partial charge on any atom is -0.275 e. The van der Waals surface area contributed by atoms with Crippen LogP contribution in [0.5, 0.6) is 0 Å². The van der Waals surface area contributed by atoms with Crippen LogP contribution in [-0.4, -0.2) is 15.2 Å². The van der Waals surface area contributed by atoms with Gasteiger partial charge in [-0.3, -0.25) is 5.10 Å². The van der Waals surface area contributed by atoms with E-state index >= 15 is 0 Å². The van der Waals surface area contributed by atoms with E-state index in [4.69, 9.17) is 0 Å². The van der Waals surface area contributed by atoms with Crippen molar-refractivity contribution < 1.29 is 13.2 Å². The minimum atomic E-state index is -4.43. The molecule has 0 unspecified atom stereocenters. The Labute approximate surface area is 84.5 Å². The Morgan fingerprint density at radius 2 is 2.00 bits per heavy atom. The quantitative estimate of drug-likeness (QED) is 0.796. The van der Waals surface area contributed by atoms with E-state index in [-0.39, 0.29) is 10.1 Å². The number of aromatic nitrogens is 3. The van der Waals surface area contributed by atoms with Crippen molar-refractivity contribution in [1.82, 2.24) is 15.2 Å². The molecule has 0 spiro atoms. The summed E-state index contributed by atoms with van der Waals surface area (Å²) in [6.45, 7) is 0. The van der Waals surface area contributed by atoms with Gasteiger partial charge in [0.25, 0.3) is 0 Å². The van der Waals surface area contributed by atoms with Crippen LogP contribution >= 0.6 is 15.9 Å². The van der Waals surface area contributed by atoms with E-state index in [1.165, 1.54) is 6.07 Å². The van der Waals surface area contributed by atoms with Gasteiger partial charge in [-0.05, 0) is 28.1 Å². The summed E-state index contributed by atoms with van der Waals surface area (Å²) in [7, 11) is 0. The first-order chi connectivity index (χ1) is 6.48. The Kier molecular flexibility index (Phi) is 1.99. The lowest BCUT2D eigenvalue weighted by atomic mass is 10.3. The van der Waals surface area contributed by atoms with Crippen molar-refractivity contribution in [3.63, 3.8) is 0 Å². The number of nitrogens with one attached hydrogen (secondary N) is 1. The molecule has 0 radical (unpaired) electrons. The van der Waals surface area contributed by atoms with Crippen LogP contribution in [0.1, 0.15) is 5.69 Å². The van der Waals surface area contributed by atoms with E-state index < -0.39 is 11.9 Å². The van der Waals surface area contributed by atoms with Crippen molar-refractivity contribution in [2.45, 2.75) is 6.18 Å². The molecule has 0 aliphatic carbocycles. The van der Waals surface area contributed by atoms with Crippen molar-refractivity contribution >= 4 is 27.0 Å². The fourth-order valence-corrected chi connectivity index (χ4v) is 1.42. The Balaban J connectivity index is 2.66. The third-order valence-corrected chi connectivity index (χ3v) is 2.21. The van der Waals surface area contributed by atoms with Crippen molar-refractivity contribution in [2.24, 2.45) is 0 Å². The van der Waals surface area contributed by atoms with Gasteiger partial charge in [-0.2, -0.15) is 18.3 Å². The van der Waals surface area contributed by atoms with Crippen molar-refractivity contribution in [1.29, 1.82) is 0 Å². The number of halogens is 4. The number of hydrogen-bond acceptors (Lipinski definition) is 2.